The number of nitrogens with two attached hydrogens (primary N) is 1. The summed E-state index contributed by atoms with van der Waals surface area (Å²) in [4.78, 5) is 0. The van der Waals surface area contributed by atoms with Crippen LogP contribution in [0, 0.1) is 5.92 Å². The first-order valence-electron chi connectivity index (χ1n) is 7.75. The highest BCUT2D eigenvalue weighted by atomic mass is 32.2. The molecule has 124 valence electrons. The third-order valence-electron chi connectivity index (χ3n) is 4.04. The van der Waals surface area contributed by atoms with Gasteiger partial charge in [-0.15, -0.1) is 0 Å². The van der Waals surface area contributed by atoms with Crippen molar-refractivity contribution in [1.29, 1.82) is 0 Å². The molecular weight excluding hydrogens is 310 g/mol. The lowest BCUT2D eigenvalue weighted by atomic mass is 9.88. The molecule has 1 atom stereocenters. The Morgan fingerprint density at radius 2 is 1.30 bits per heavy atom. The van der Waals surface area contributed by atoms with Crippen molar-refractivity contribution in [3.05, 3.63) is 71.8 Å². The predicted octanol–water partition coefficient (Wildman–Crippen LogP) is 2.69. The van der Waals surface area contributed by atoms with E-state index in [0.29, 0.717) is 12.8 Å². The SMILES string of the molecule is NCCC(C(Cc1ccccc1)Cc1ccccc1)S(=O)(=O)O. The van der Waals surface area contributed by atoms with Gasteiger partial charge in [0.25, 0.3) is 10.1 Å². The van der Waals surface area contributed by atoms with Crippen molar-refractivity contribution in [3.8, 4) is 0 Å². The molecule has 0 saturated carbocycles. The van der Waals surface area contributed by atoms with Crippen LogP contribution in [-0.2, 0) is 23.0 Å². The Bertz CT molecular complexity index is 645. The average molecular weight is 333 g/mol. The molecule has 23 heavy (non-hydrogen) atoms. The molecule has 0 aliphatic heterocycles. The van der Waals surface area contributed by atoms with Gasteiger partial charge in [0.2, 0.25) is 0 Å². The van der Waals surface area contributed by atoms with Gasteiger partial charge >= 0.3 is 0 Å². The maximum Gasteiger partial charge on any atom is 0.268 e. The van der Waals surface area contributed by atoms with Crippen LogP contribution in [0.3, 0.4) is 0 Å². The molecule has 2 rings (SSSR count). The van der Waals surface area contributed by atoms with E-state index in [1.165, 1.54) is 0 Å². The summed E-state index contributed by atoms with van der Waals surface area (Å²) in [5.74, 6) is -0.224. The Hall–Kier alpha value is -1.69. The fraction of sp³-hybridized carbons (Fsp3) is 0.333. The zero-order valence-corrected chi connectivity index (χ0v) is 13.8. The van der Waals surface area contributed by atoms with Crippen molar-refractivity contribution in [2.75, 3.05) is 6.54 Å². The lowest BCUT2D eigenvalue weighted by molar-refractivity contribution is 0.404. The van der Waals surface area contributed by atoms with Crippen LogP contribution < -0.4 is 5.73 Å². The molecule has 0 aliphatic rings. The molecule has 0 aromatic heterocycles. The minimum atomic E-state index is -4.15. The molecule has 4 nitrogen and oxygen atoms in total. The molecule has 0 saturated heterocycles. The number of rotatable bonds is 8. The van der Waals surface area contributed by atoms with Crippen LogP contribution in [0.1, 0.15) is 17.5 Å². The molecule has 0 spiro atoms. The molecule has 2 aromatic carbocycles. The van der Waals surface area contributed by atoms with E-state index in [9.17, 15) is 13.0 Å². The molecule has 5 heteroatoms. The second kappa shape index (κ2) is 8.24. The van der Waals surface area contributed by atoms with Crippen LogP contribution in [0.4, 0.5) is 0 Å². The van der Waals surface area contributed by atoms with Gasteiger partial charge in [-0.1, -0.05) is 60.7 Å². The van der Waals surface area contributed by atoms with Crippen LogP contribution in [0.15, 0.2) is 60.7 Å². The van der Waals surface area contributed by atoms with Crippen molar-refractivity contribution < 1.29 is 13.0 Å². The van der Waals surface area contributed by atoms with Gasteiger partial charge < -0.3 is 5.73 Å². The van der Waals surface area contributed by atoms with Crippen molar-refractivity contribution in [3.63, 3.8) is 0 Å². The highest BCUT2D eigenvalue weighted by molar-refractivity contribution is 7.86. The van der Waals surface area contributed by atoms with E-state index in [1.807, 2.05) is 60.7 Å². The Balaban J connectivity index is 2.29. The molecule has 0 heterocycles. The van der Waals surface area contributed by atoms with E-state index in [-0.39, 0.29) is 18.9 Å². The number of hydrogen-bond acceptors (Lipinski definition) is 3. The molecule has 0 bridgehead atoms. The zero-order valence-electron chi connectivity index (χ0n) is 13.0. The molecule has 1 unspecified atom stereocenters. The van der Waals surface area contributed by atoms with E-state index in [1.54, 1.807) is 0 Å². The normalized spacial score (nSPS) is 13.2. The Kier molecular flexibility index (Phi) is 6.33. The quantitative estimate of drug-likeness (QED) is 0.728. The second-order valence-corrected chi connectivity index (χ2v) is 7.41. The van der Waals surface area contributed by atoms with Gasteiger partial charge in [-0.2, -0.15) is 8.42 Å². The number of hydrogen-bond donors (Lipinski definition) is 2. The molecule has 0 amide bonds. The molecule has 2 aromatic rings. The first kappa shape index (κ1) is 17.7. The molecule has 0 fully saturated rings. The minimum absolute atomic E-state index is 0.224. The maximum absolute atomic E-state index is 11.8. The predicted molar refractivity (Wildman–Crippen MR) is 92.8 cm³/mol. The smallest absolute Gasteiger partial charge is 0.268 e. The van der Waals surface area contributed by atoms with Gasteiger partial charge in [0, 0.05) is 0 Å². The van der Waals surface area contributed by atoms with Crippen LogP contribution in [-0.4, -0.2) is 24.8 Å². The monoisotopic (exact) mass is 333 g/mol. The standard InChI is InChI=1S/C18H23NO3S/c19-12-11-18(23(20,21)22)17(13-15-7-3-1-4-8-15)14-16-9-5-2-6-10-16/h1-10,17-18H,11-14,19H2,(H,20,21,22). The highest BCUT2D eigenvalue weighted by Crippen LogP contribution is 2.24. The summed E-state index contributed by atoms with van der Waals surface area (Å²) < 4.78 is 33.3. The zero-order chi connectivity index (χ0) is 16.7. The average Bonchev–Trinajstić information content (AvgIpc) is 2.53. The van der Waals surface area contributed by atoms with Crippen LogP contribution in [0.5, 0.6) is 0 Å². The van der Waals surface area contributed by atoms with E-state index in [4.69, 9.17) is 5.73 Å². The fourth-order valence-corrected chi connectivity index (χ4v) is 4.07. The van der Waals surface area contributed by atoms with E-state index >= 15 is 0 Å². The first-order chi connectivity index (χ1) is 11.0. The van der Waals surface area contributed by atoms with E-state index < -0.39 is 15.4 Å². The Morgan fingerprint density at radius 1 is 0.870 bits per heavy atom. The Morgan fingerprint density at radius 3 is 1.65 bits per heavy atom. The molecule has 3 N–H and O–H groups in total. The van der Waals surface area contributed by atoms with Gasteiger partial charge in [0.1, 0.15) is 0 Å². The summed E-state index contributed by atoms with van der Waals surface area (Å²) in [6.07, 6.45) is 1.42. The van der Waals surface area contributed by atoms with Crippen molar-refractivity contribution in [2.24, 2.45) is 11.7 Å². The van der Waals surface area contributed by atoms with Gasteiger partial charge in [-0.05, 0) is 42.9 Å². The molecule has 0 radical (unpaired) electrons. The van der Waals surface area contributed by atoms with Crippen LogP contribution >= 0.6 is 0 Å². The topological polar surface area (TPSA) is 80.4 Å². The van der Waals surface area contributed by atoms with Crippen molar-refractivity contribution in [2.45, 2.75) is 24.5 Å². The second-order valence-electron chi connectivity index (χ2n) is 5.77. The summed E-state index contributed by atoms with van der Waals surface area (Å²) in [6.45, 7) is 0.227. The van der Waals surface area contributed by atoms with E-state index in [2.05, 4.69) is 0 Å². The van der Waals surface area contributed by atoms with Crippen LogP contribution in [0.2, 0.25) is 0 Å². The van der Waals surface area contributed by atoms with Crippen LogP contribution in [0.25, 0.3) is 0 Å². The number of benzene rings is 2. The highest BCUT2D eigenvalue weighted by Gasteiger charge is 2.31. The Labute approximate surface area is 138 Å². The summed E-state index contributed by atoms with van der Waals surface area (Å²) in [6, 6.07) is 19.5. The van der Waals surface area contributed by atoms with Crippen molar-refractivity contribution in [1.82, 2.24) is 0 Å². The maximum atomic E-state index is 11.8. The third kappa shape index (κ3) is 5.46. The first-order valence-corrected chi connectivity index (χ1v) is 9.25. The molecular formula is C18H23NO3S. The van der Waals surface area contributed by atoms with Crippen molar-refractivity contribution >= 4 is 10.1 Å². The summed E-state index contributed by atoms with van der Waals surface area (Å²) in [7, 11) is -4.15. The minimum Gasteiger partial charge on any atom is -0.330 e. The van der Waals surface area contributed by atoms with Gasteiger partial charge in [-0.25, -0.2) is 0 Å². The summed E-state index contributed by atoms with van der Waals surface area (Å²) in [5.41, 5.74) is 7.68. The summed E-state index contributed by atoms with van der Waals surface area (Å²) in [5, 5.41) is -0.854. The van der Waals surface area contributed by atoms with Gasteiger partial charge in [-0.3, -0.25) is 4.55 Å². The van der Waals surface area contributed by atoms with Gasteiger partial charge in [0.05, 0.1) is 5.25 Å². The molecule has 0 aliphatic carbocycles. The fourth-order valence-electron chi connectivity index (χ4n) is 2.96. The van der Waals surface area contributed by atoms with E-state index in [0.717, 1.165) is 11.1 Å². The largest absolute Gasteiger partial charge is 0.330 e. The third-order valence-corrected chi connectivity index (χ3v) is 5.43. The lowest BCUT2D eigenvalue weighted by Crippen LogP contribution is -2.34. The van der Waals surface area contributed by atoms with Gasteiger partial charge in [0.15, 0.2) is 0 Å². The summed E-state index contributed by atoms with van der Waals surface area (Å²) >= 11 is 0. The lowest BCUT2D eigenvalue weighted by Gasteiger charge is -2.25.